The number of amides is 1. The number of carboxylic acids is 1. The quantitative estimate of drug-likeness (QED) is 0.738. The van der Waals surface area contributed by atoms with Crippen LogP contribution in [0.4, 0.5) is 4.39 Å². The molecule has 0 fully saturated rings. The second kappa shape index (κ2) is 8.31. The number of ether oxygens (including phenoxy) is 1. The lowest BCUT2D eigenvalue weighted by molar-refractivity contribution is -0.148. The van der Waals surface area contributed by atoms with E-state index < -0.39 is 29.8 Å². The number of benzene rings is 1. The summed E-state index contributed by atoms with van der Waals surface area (Å²) in [6.45, 7) is 5.29. The van der Waals surface area contributed by atoms with Crippen molar-refractivity contribution in [3.05, 3.63) is 41.4 Å². The van der Waals surface area contributed by atoms with E-state index in [0.717, 1.165) is 0 Å². The highest BCUT2D eigenvalue weighted by atomic mass is 19.1. The molecule has 1 aliphatic heterocycles. The van der Waals surface area contributed by atoms with Gasteiger partial charge in [0, 0.05) is 12.5 Å². The van der Waals surface area contributed by atoms with Crippen LogP contribution in [-0.2, 0) is 16.0 Å². The standard InChI is InChI=1S/C19H24FNO5/c1-11(2)7-15(19(24)25)21-10-14(9-17(21)23)26-16-6-4-5-13(18(16)20)8-12(3)22/h4-6,9,11-12,15,22H,7-8,10H2,1-3H3,(H,24,25)/t12?,15-/m0/s1. The summed E-state index contributed by atoms with van der Waals surface area (Å²) >= 11 is 0. The SMILES string of the molecule is CC(C)C[C@@H](C(=O)O)N1CC(Oc2cccc(CC(C)O)c2F)=CC1=O. The van der Waals surface area contributed by atoms with Crippen LogP contribution in [0, 0.1) is 11.7 Å². The first-order valence-corrected chi connectivity index (χ1v) is 8.56. The van der Waals surface area contributed by atoms with Crippen LogP contribution in [-0.4, -0.2) is 45.7 Å². The van der Waals surface area contributed by atoms with E-state index in [1.54, 1.807) is 19.1 Å². The molecule has 2 rings (SSSR count). The lowest BCUT2D eigenvalue weighted by Gasteiger charge is -2.25. The van der Waals surface area contributed by atoms with Crippen molar-refractivity contribution in [2.75, 3.05) is 6.54 Å². The van der Waals surface area contributed by atoms with Gasteiger partial charge in [-0.1, -0.05) is 26.0 Å². The van der Waals surface area contributed by atoms with Crippen LogP contribution in [0.15, 0.2) is 30.0 Å². The molecule has 0 aliphatic carbocycles. The second-order valence-corrected chi connectivity index (χ2v) is 6.94. The summed E-state index contributed by atoms with van der Waals surface area (Å²) in [5.41, 5.74) is 0.308. The van der Waals surface area contributed by atoms with Crippen LogP contribution in [0.1, 0.15) is 32.8 Å². The Morgan fingerprint density at radius 2 is 2.04 bits per heavy atom. The number of nitrogens with zero attached hydrogens (tertiary/aromatic N) is 1. The minimum absolute atomic E-state index is 0.0252. The zero-order valence-electron chi connectivity index (χ0n) is 15.1. The van der Waals surface area contributed by atoms with Crippen molar-refractivity contribution in [3.8, 4) is 5.75 Å². The molecule has 0 spiro atoms. The fourth-order valence-corrected chi connectivity index (χ4v) is 2.90. The van der Waals surface area contributed by atoms with Crippen LogP contribution < -0.4 is 4.74 Å². The molecule has 0 saturated heterocycles. The number of aliphatic carboxylic acids is 1. The normalized spacial score (nSPS) is 16.6. The fraction of sp³-hybridized carbons (Fsp3) is 0.474. The van der Waals surface area contributed by atoms with Gasteiger partial charge in [0.2, 0.25) is 0 Å². The minimum atomic E-state index is -1.08. The van der Waals surface area contributed by atoms with Crippen molar-refractivity contribution in [1.82, 2.24) is 4.90 Å². The van der Waals surface area contributed by atoms with E-state index in [-0.39, 0.29) is 30.4 Å². The van der Waals surface area contributed by atoms with Crippen molar-refractivity contribution in [2.24, 2.45) is 5.92 Å². The Labute approximate surface area is 151 Å². The summed E-state index contributed by atoms with van der Waals surface area (Å²) in [5.74, 6) is -1.90. The van der Waals surface area contributed by atoms with Gasteiger partial charge in [-0.25, -0.2) is 9.18 Å². The largest absolute Gasteiger partial charge is 0.480 e. The zero-order chi connectivity index (χ0) is 19.4. The van der Waals surface area contributed by atoms with Gasteiger partial charge in [0.25, 0.3) is 5.91 Å². The number of halogens is 1. The molecule has 0 bridgehead atoms. The molecule has 0 aromatic heterocycles. The lowest BCUT2D eigenvalue weighted by atomic mass is 10.0. The molecular formula is C19H24FNO5. The van der Waals surface area contributed by atoms with Crippen LogP contribution in [0.2, 0.25) is 0 Å². The topological polar surface area (TPSA) is 87.1 Å². The number of carboxylic acid groups (broad SMARTS) is 1. The maximum Gasteiger partial charge on any atom is 0.326 e. The van der Waals surface area contributed by atoms with Crippen molar-refractivity contribution < 1.29 is 28.9 Å². The number of rotatable bonds is 8. The molecule has 0 radical (unpaired) electrons. The van der Waals surface area contributed by atoms with Crippen LogP contribution >= 0.6 is 0 Å². The highest BCUT2D eigenvalue weighted by Crippen LogP contribution is 2.26. The van der Waals surface area contributed by atoms with E-state index in [4.69, 9.17) is 4.74 Å². The first kappa shape index (κ1) is 19.9. The summed E-state index contributed by atoms with van der Waals surface area (Å²) in [5, 5.41) is 18.8. The summed E-state index contributed by atoms with van der Waals surface area (Å²) < 4.78 is 20.0. The maximum atomic E-state index is 14.5. The van der Waals surface area contributed by atoms with Gasteiger partial charge >= 0.3 is 5.97 Å². The third kappa shape index (κ3) is 4.82. The third-order valence-electron chi connectivity index (χ3n) is 4.05. The van der Waals surface area contributed by atoms with E-state index in [1.807, 2.05) is 13.8 Å². The third-order valence-corrected chi connectivity index (χ3v) is 4.05. The first-order chi connectivity index (χ1) is 12.2. The molecular weight excluding hydrogens is 341 g/mol. The molecule has 1 aliphatic rings. The molecule has 1 aromatic carbocycles. The predicted molar refractivity (Wildman–Crippen MR) is 93.1 cm³/mol. The first-order valence-electron chi connectivity index (χ1n) is 8.56. The van der Waals surface area contributed by atoms with Crippen LogP contribution in [0.25, 0.3) is 0 Å². The molecule has 0 saturated carbocycles. The van der Waals surface area contributed by atoms with Crippen molar-refractivity contribution >= 4 is 11.9 Å². The summed E-state index contributed by atoms with van der Waals surface area (Å²) in [6.07, 6.45) is 0.954. The van der Waals surface area contributed by atoms with Gasteiger partial charge in [-0.15, -0.1) is 0 Å². The van der Waals surface area contributed by atoms with Gasteiger partial charge in [-0.3, -0.25) is 4.79 Å². The number of hydrogen-bond donors (Lipinski definition) is 2. The Bertz CT molecular complexity index is 714. The van der Waals surface area contributed by atoms with E-state index in [0.29, 0.717) is 12.0 Å². The van der Waals surface area contributed by atoms with E-state index in [2.05, 4.69) is 0 Å². The Morgan fingerprint density at radius 1 is 1.35 bits per heavy atom. The molecule has 2 atom stereocenters. The number of aliphatic hydroxyl groups is 1. The summed E-state index contributed by atoms with van der Waals surface area (Å²) in [6, 6.07) is 3.63. The smallest absolute Gasteiger partial charge is 0.326 e. The minimum Gasteiger partial charge on any atom is -0.480 e. The van der Waals surface area contributed by atoms with Gasteiger partial charge in [0.15, 0.2) is 11.6 Å². The van der Waals surface area contributed by atoms with Crippen LogP contribution in [0.5, 0.6) is 5.75 Å². The molecule has 142 valence electrons. The van der Waals surface area contributed by atoms with Crippen molar-refractivity contribution in [1.29, 1.82) is 0 Å². The highest BCUT2D eigenvalue weighted by Gasteiger charge is 2.34. The van der Waals surface area contributed by atoms with Crippen LogP contribution in [0.3, 0.4) is 0 Å². The fourth-order valence-electron chi connectivity index (χ4n) is 2.90. The molecule has 26 heavy (non-hydrogen) atoms. The average Bonchev–Trinajstić information content (AvgIpc) is 2.88. The van der Waals surface area contributed by atoms with E-state index in [9.17, 15) is 24.2 Å². The second-order valence-electron chi connectivity index (χ2n) is 6.94. The van der Waals surface area contributed by atoms with Crippen molar-refractivity contribution in [2.45, 2.75) is 45.8 Å². The van der Waals surface area contributed by atoms with Gasteiger partial charge < -0.3 is 19.8 Å². The number of carbonyl (C=O) groups is 2. The molecule has 1 unspecified atom stereocenters. The molecule has 1 amide bonds. The molecule has 2 N–H and O–H groups in total. The average molecular weight is 365 g/mol. The summed E-state index contributed by atoms with van der Waals surface area (Å²) in [7, 11) is 0. The molecule has 7 heteroatoms. The number of aliphatic hydroxyl groups excluding tert-OH is 1. The predicted octanol–water partition coefficient (Wildman–Crippen LogP) is 2.35. The molecule has 1 aromatic rings. The van der Waals surface area contributed by atoms with Crippen molar-refractivity contribution in [3.63, 3.8) is 0 Å². The zero-order valence-corrected chi connectivity index (χ0v) is 15.1. The summed E-state index contributed by atoms with van der Waals surface area (Å²) in [4.78, 5) is 24.9. The Hall–Kier alpha value is -2.41. The number of carbonyl (C=O) groups excluding carboxylic acids is 1. The Balaban J connectivity index is 2.14. The Morgan fingerprint density at radius 3 is 2.62 bits per heavy atom. The molecule has 1 heterocycles. The van der Waals surface area contributed by atoms with E-state index in [1.165, 1.54) is 17.0 Å². The maximum absolute atomic E-state index is 14.5. The Kier molecular flexibility index (Phi) is 6.37. The van der Waals surface area contributed by atoms with Gasteiger partial charge in [0.05, 0.1) is 12.6 Å². The number of hydrogen-bond acceptors (Lipinski definition) is 4. The van der Waals surface area contributed by atoms with Gasteiger partial charge in [-0.05, 0) is 30.9 Å². The molecule has 6 nitrogen and oxygen atoms in total. The highest BCUT2D eigenvalue weighted by molar-refractivity contribution is 5.94. The van der Waals surface area contributed by atoms with Gasteiger partial charge in [-0.2, -0.15) is 0 Å². The monoisotopic (exact) mass is 365 g/mol. The van der Waals surface area contributed by atoms with Gasteiger partial charge in [0.1, 0.15) is 11.8 Å². The lowest BCUT2D eigenvalue weighted by Crippen LogP contribution is -2.43. The van der Waals surface area contributed by atoms with E-state index >= 15 is 0 Å².